The van der Waals surface area contributed by atoms with Crippen LogP contribution in [0.1, 0.15) is 71.3 Å². The normalized spacial score (nSPS) is 21.6. The van der Waals surface area contributed by atoms with Crippen LogP contribution in [0.5, 0.6) is 0 Å². The summed E-state index contributed by atoms with van der Waals surface area (Å²) < 4.78 is 16.4. The molecule has 1 amide bonds. The summed E-state index contributed by atoms with van der Waals surface area (Å²) in [5, 5.41) is 10.9. The van der Waals surface area contributed by atoms with Crippen molar-refractivity contribution < 1.29 is 28.3 Å². The third-order valence-electron chi connectivity index (χ3n) is 6.48. The lowest BCUT2D eigenvalue weighted by atomic mass is 9.93. The lowest BCUT2D eigenvalue weighted by Crippen LogP contribution is -2.48. The first kappa shape index (κ1) is 23.0. The van der Waals surface area contributed by atoms with Gasteiger partial charge in [-0.25, -0.2) is 14.3 Å². The van der Waals surface area contributed by atoms with Gasteiger partial charge in [0.1, 0.15) is 5.76 Å². The second-order valence-corrected chi connectivity index (χ2v) is 8.41. The van der Waals surface area contributed by atoms with E-state index in [4.69, 9.17) is 13.9 Å². The van der Waals surface area contributed by atoms with Crippen LogP contribution in [-0.2, 0) is 20.8 Å². The molecule has 1 aliphatic carbocycles. The van der Waals surface area contributed by atoms with Gasteiger partial charge in [-0.3, -0.25) is 9.69 Å². The topological polar surface area (TPSA) is 129 Å². The Labute approximate surface area is 191 Å². The predicted octanol–water partition coefficient (Wildman–Crippen LogP) is 1.71. The van der Waals surface area contributed by atoms with Crippen molar-refractivity contribution in [2.75, 3.05) is 20.8 Å². The zero-order valence-corrected chi connectivity index (χ0v) is 18.9. The molecular formula is C22H29N5O6. The molecule has 0 aromatic carbocycles. The van der Waals surface area contributed by atoms with Gasteiger partial charge < -0.3 is 19.2 Å². The van der Waals surface area contributed by atoms with Gasteiger partial charge in [-0.1, -0.05) is 24.5 Å². The number of methoxy groups -OCH3 is 2. The Morgan fingerprint density at radius 2 is 1.88 bits per heavy atom. The number of furan rings is 1. The highest BCUT2D eigenvalue weighted by Crippen LogP contribution is 2.35. The van der Waals surface area contributed by atoms with E-state index in [0.29, 0.717) is 25.3 Å². The zero-order valence-electron chi connectivity index (χ0n) is 18.9. The molecule has 11 heteroatoms. The maximum Gasteiger partial charge on any atom is 0.361 e. The summed E-state index contributed by atoms with van der Waals surface area (Å²) in [4.78, 5) is 40.0. The Morgan fingerprint density at radius 1 is 1.12 bits per heavy atom. The van der Waals surface area contributed by atoms with E-state index in [1.165, 1.54) is 25.3 Å². The first-order chi connectivity index (χ1) is 16.0. The highest BCUT2D eigenvalue weighted by atomic mass is 16.5. The number of aromatic nitrogens is 3. The largest absolute Gasteiger partial charge is 0.467 e. The molecule has 3 heterocycles. The number of nitrogens with zero attached hydrogens (tertiary/aromatic N) is 4. The van der Waals surface area contributed by atoms with Gasteiger partial charge >= 0.3 is 11.9 Å². The molecule has 4 rings (SSSR count). The highest BCUT2D eigenvalue weighted by molar-refractivity contribution is 6.00. The molecule has 0 unspecified atom stereocenters. The number of rotatable bonds is 7. The van der Waals surface area contributed by atoms with Crippen molar-refractivity contribution in [3.63, 3.8) is 0 Å². The lowest BCUT2D eigenvalue weighted by Gasteiger charge is -2.34. The van der Waals surface area contributed by atoms with Crippen molar-refractivity contribution >= 4 is 17.8 Å². The molecule has 1 saturated carbocycles. The maximum absolute atomic E-state index is 13.2. The van der Waals surface area contributed by atoms with Gasteiger partial charge in [0.25, 0.3) is 0 Å². The Hall–Kier alpha value is -3.21. The summed E-state index contributed by atoms with van der Waals surface area (Å²) in [6, 6.07) is 3.13. The van der Waals surface area contributed by atoms with Crippen LogP contribution in [0.2, 0.25) is 0 Å². The monoisotopic (exact) mass is 459 g/mol. The van der Waals surface area contributed by atoms with Crippen LogP contribution < -0.4 is 5.32 Å². The fourth-order valence-electron chi connectivity index (χ4n) is 4.86. The fourth-order valence-corrected chi connectivity index (χ4v) is 4.86. The van der Waals surface area contributed by atoms with Crippen molar-refractivity contribution in [1.82, 2.24) is 25.2 Å². The van der Waals surface area contributed by atoms with Crippen molar-refractivity contribution in [3.8, 4) is 0 Å². The number of amides is 1. The van der Waals surface area contributed by atoms with Gasteiger partial charge in [0.2, 0.25) is 11.6 Å². The third-order valence-corrected chi connectivity index (χ3v) is 6.48. The van der Waals surface area contributed by atoms with E-state index in [1.54, 1.807) is 12.3 Å². The molecule has 1 N–H and O–H groups in total. The highest BCUT2D eigenvalue weighted by Gasteiger charge is 2.43. The van der Waals surface area contributed by atoms with Crippen LogP contribution in [0.3, 0.4) is 0 Å². The van der Waals surface area contributed by atoms with E-state index in [2.05, 4.69) is 20.5 Å². The van der Waals surface area contributed by atoms with Crippen molar-refractivity contribution in [2.45, 2.75) is 63.2 Å². The molecule has 33 heavy (non-hydrogen) atoms. The van der Waals surface area contributed by atoms with E-state index in [-0.39, 0.29) is 29.4 Å². The van der Waals surface area contributed by atoms with Gasteiger partial charge in [0, 0.05) is 12.6 Å². The summed E-state index contributed by atoms with van der Waals surface area (Å²) in [7, 11) is 2.44. The molecule has 11 nitrogen and oxygen atoms in total. The number of likely N-dealkylation sites (tertiary alicyclic amines) is 1. The van der Waals surface area contributed by atoms with Gasteiger partial charge in [-0.2, -0.15) is 0 Å². The summed E-state index contributed by atoms with van der Waals surface area (Å²) in [6.45, 7) is 0.812. The number of hydrogen-bond acceptors (Lipinski definition) is 9. The number of esters is 2. The summed E-state index contributed by atoms with van der Waals surface area (Å²) in [5.41, 5.74) is -0.256. The zero-order chi connectivity index (χ0) is 23.4. The molecule has 2 aromatic rings. The molecule has 2 atom stereocenters. The van der Waals surface area contributed by atoms with E-state index in [9.17, 15) is 14.4 Å². The molecule has 0 radical (unpaired) electrons. The third kappa shape index (κ3) is 4.77. The molecule has 178 valence electrons. The SMILES string of the molecule is COC(=O)c1nnn([C@H]2C[C@@H](C(=O)NCc3ccco3)N(C3CCCCC3)C2)c1C(=O)OC. The average molecular weight is 460 g/mol. The van der Waals surface area contributed by atoms with Crippen LogP contribution in [-0.4, -0.2) is 70.6 Å². The van der Waals surface area contributed by atoms with Gasteiger partial charge in [-0.15, -0.1) is 5.10 Å². The van der Waals surface area contributed by atoms with Gasteiger partial charge in [-0.05, 0) is 31.4 Å². The molecular weight excluding hydrogens is 430 g/mol. The average Bonchev–Trinajstić information content (AvgIpc) is 3.61. The number of ether oxygens (including phenoxy) is 2. The van der Waals surface area contributed by atoms with Crippen molar-refractivity contribution in [1.29, 1.82) is 0 Å². The summed E-state index contributed by atoms with van der Waals surface area (Å²) >= 11 is 0. The minimum absolute atomic E-state index is 0.0606. The van der Waals surface area contributed by atoms with Crippen molar-refractivity contribution in [3.05, 3.63) is 35.5 Å². The molecule has 0 spiro atoms. The smallest absolute Gasteiger partial charge is 0.361 e. The number of carbonyl (C=O) groups is 3. The van der Waals surface area contributed by atoms with Gasteiger partial charge in [0.05, 0.1) is 39.1 Å². The minimum Gasteiger partial charge on any atom is -0.467 e. The standard InChI is InChI=1S/C22H29N5O6/c1-31-21(29)18-19(22(30)32-2)27(25-24-18)15-11-17(20(28)23-12-16-9-6-10-33-16)26(13-15)14-7-4-3-5-8-14/h6,9-10,14-15,17H,3-5,7-8,11-13H2,1-2H3,(H,23,28)/t15-,17-/m0/s1. The molecule has 0 bridgehead atoms. The second kappa shape index (κ2) is 10.2. The number of hydrogen-bond donors (Lipinski definition) is 1. The second-order valence-electron chi connectivity index (χ2n) is 8.41. The Bertz CT molecular complexity index is 982. The molecule has 1 saturated heterocycles. The Morgan fingerprint density at radius 3 is 2.55 bits per heavy atom. The molecule has 2 fully saturated rings. The molecule has 1 aliphatic heterocycles. The minimum atomic E-state index is -0.767. The first-order valence-electron chi connectivity index (χ1n) is 11.2. The summed E-state index contributed by atoms with van der Waals surface area (Å²) in [6.07, 6.45) is 7.47. The van der Waals surface area contributed by atoms with Gasteiger partial charge in [0.15, 0.2) is 5.69 Å². The van der Waals surface area contributed by atoms with Crippen molar-refractivity contribution in [2.24, 2.45) is 0 Å². The maximum atomic E-state index is 13.2. The van der Waals surface area contributed by atoms with Crippen LogP contribution in [0.25, 0.3) is 0 Å². The molecule has 2 aromatic heterocycles. The van der Waals surface area contributed by atoms with Crippen LogP contribution in [0.4, 0.5) is 0 Å². The van der Waals surface area contributed by atoms with E-state index < -0.39 is 18.0 Å². The van der Waals surface area contributed by atoms with Crippen LogP contribution in [0, 0.1) is 0 Å². The first-order valence-corrected chi connectivity index (χ1v) is 11.2. The fraction of sp³-hybridized carbons (Fsp3) is 0.591. The number of nitrogens with one attached hydrogen (secondary N) is 1. The summed E-state index contributed by atoms with van der Waals surface area (Å²) in [5.74, 6) is -0.923. The van der Waals surface area contributed by atoms with E-state index in [0.717, 1.165) is 25.7 Å². The molecule has 2 aliphatic rings. The Balaban J connectivity index is 1.59. The van der Waals surface area contributed by atoms with Crippen LogP contribution >= 0.6 is 0 Å². The quantitative estimate of drug-likeness (QED) is 0.615. The predicted molar refractivity (Wildman–Crippen MR) is 114 cm³/mol. The van der Waals surface area contributed by atoms with E-state index >= 15 is 0 Å². The lowest BCUT2D eigenvalue weighted by molar-refractivity contribution is -0.126. The number of carbonyl (C=O) groups excluding carboxylic acids is 3. The Kier molecular flexibility index (Phi) is 7.07. The van der Waals surface area contributed by atoms with E-state index in [1.807, 2.05) is 6.07 Å². The van der Waals surface area contributed by atoms with Crippen LogP contribution in [0.15, 0.2) is 22.8 Å².